The van der Waals surface area contributed by atoms with Crippen molar-refractivity contribution in [1.82, 2.24) is 5.32 Å². The first-order chi connectivity index (χ1) is 9.23. The maximum Gasteiger partial charge on any atom is 0.0285 e. The van der Waals surface area contributed by atoms with Crippen molar-refractivity contribution in [2.24, 2.45) is 0 Å². The van der Waals surface area contributed by atoms with E-state index in [1.165, 1.54) is 76.4 Å². The third-order valence-electron chi connectivity index (χ3n) is 4.68. The molecule has 1 aliphatic rings. The van der Waals surface area contributed by atoms with Gasteiger partial charge >= 0.3 is 0 Å². The van der Waals surface area contributed by atoms with Gasteiger partial charge in [-0.25, -0.2) is 0 Å². The highest BCUT2D eigenvalue weighted by molar-refractivity contribution is 8.00. The molecule has 0 aromatic carbocycles. The van der Waals surface area contributed by atoms with Gasteiger partial charge in [0.05, 0.1) is 0 Å². The first-order valence-electron chi connectivity index (χ1n) is 8.54. The van der Waals surface area contributed by atoms with Gasteiger partial charge in [0, 0.05) is 10.8 Å². The summed E-state index contributed by atoms with van der Waals surface area (Å²) in [6, 6.07) is 0.722. The molecule has 1 aliphatic heterocycles. The molecule has 1 rings (SSSR count). The van der Waals surface area contributed by atoms with Crippen LogP contribution in [0.15, 0.2) is 0 Å². The smallest absolute Gasteiger partial charge is 0.0285 e. The quantitative estimate of drug-likeness (QED) is 0.511. The molecule has 0 radical (unpaired) electrons. The first-order valence-corrected chi connectivity index (χ1v) is 9.52. The van der Waals surface area contributed by atoms with E-state index in [1.807, 2.05) is 0 Å². The summed E-state index contributed by atoms with van der Waals surface area (Å²) < 4.78 is 0.510. The minimum absolute atomic E-state index is 0.510. The second-order valence-electron chi connectivity index (χ2n) is 6.37. The number of hydrogen-bond donors (Lipinski definition) is 1. The monoisotopic (exact) mass is 285 g/mol. The van der Waals surface area contributed by atoms with Crippen LogP contribution < -0.4 is 5.32 Å². The second-order valence-corrected chi connectivity index (χ2v) is 8.00. The lowest BCUT2D eigenvalue weighted by molar-refractivity contribution is 0.388. The standard InChI is InChI=1S/C17H35NS/c1-4-5-6-7-8-9-10-11-13-16(18-3)17(2)14-12-15-19-17/h16,18H,4-15H2,1-3H3. The molecule has 2 atom stereocenters. The Morgan fingerprint density at radius 2 is 1.68 bits per heavy atom. The van der Waals surface area contributed by atoms with E-state index in [2.05, 4.69) is 38.0 Å². The van der Waals surface area contributed by atoms with Crippen molar-refractivity contribution in [3.05, 3.63) is 0 Å². The van der Waals surface area contributed by atoms with Crippen LogP contribution in [0.5, 0.6) is 0 Å². The Kier molecular flexibility index (Phi) is 9.23. The zero-order valence-corrected chi connectivity index (χ0v) is 14.3. The summed E-state index contributed by atoms with van der Waals surface area (Å²) >= 11 is 2.19. The molecule has 1 N–H and O–H groups in total. The molecule has 0 bridgehead atoms. The normalized spacial score (nSPS) is 24.8. The zero-order valence-electron chi connectivity index (χ0n) is 13.5. The van der Waals surface area contributed by atoms with Crippen LogP contribution in [-0.2, 0) is 0 Å². The van der Waals surface area contributed by atoms with Gasteiger partial charge in [-0.3, -0.25) is 0 Å². The summed E-state index contributed by atoms with van der Waals surface area (Å²) in [5, 5.41) is 3.58. The van der Waals surface area contributed by atoms with E-state index < -0.39 is 0 Å². The molecule has 2 unspecified atom stereocenters. The lowest BCUT2D eigenvalue weighted by atomic mass is 9.91. The number of unbranched alkanes of at least 4 members (excludes halogenated alkanes) is 7. The van der Waals surface area contributed by atoms with E-state index >= 15 is 0 Å². The Balaban J connectivity index is 2.03. The Labute approximate surface area is 125 Å². The second kappa shape index (κ2) is 10.1. The largest absolute Gasteiger partial charge is 0.316 e. The molecule has 0 aliphatic carbocycles. The van der Waals surface area contributed by atoms with E-state index in [0.717, 1.165) is 6.04 Å². The van der Waals surface area contributed by atoms with Gasteiger partial charge in [0.2, 0.25) is 0 Å². The molecule has 1 nitrogen and oxygen atoms in total. The van der Waals surface area contributed by atoms with Crippen LogP contribution in [0.3, 0.4) is 0 Å². The molecular formula is C17H35NS. The van der Waals surface area contributed by atoms with Crippen LogP contribution in [0.25, 0.3) is 0 Å². The van der Waals surface area contributed by atoms with Gasteiger partial charge < -0.3 is 5.32 Å². The molecule has 1 fully saturated rings. The highest BCUT2D eigenvalue weighted by atomic mass is 32.2. The molecule has 0 aromatic rings. The van der Waals surface area contributed by atoms with Crippen LogP contribution in [-0.4, -0.2) is 23.6 Å². The van der Waals surface area contributed by atoms with Gasteiger partial charge in [0.25, 0.3) is 0 Å². The maximum atomic E-state index is 3.58. The van der Waals surface area contributed by atoms with Gasteiger partial charge in [-0.1, -0.05) is 58.3 Å². The molecule has 1 saturated heterocycles. The summed E-state index contributed by atoms with van der Waals surface area (Å²) in [7, 11) is 2.15. The Bertz CT molecular complexity index is 211. The fourth-order valence-electron chi connectivity index (χ4n) is 3.31. The van der Waals surface area contributed by atoms with Crippen LogP contribution in [0, 0.1) is 0 Å². The van der Waals surface area contributed by atoms with Gasteiger partial charge in [-0.05, 0) is 39.0 Å². The van der Waals surface area contributed by atoms with E-state index in [1.54, 1.807) is 0 Å². The molecule has 114 valence electrons. The van der Waals surface area contributed by atoms with E-state index in [-0.39, 0.29) is 0 Å². The van der Waals surface area contributed by atoms with Crippen molar-refractivity contribution >= 4 is 11.8 Å². The van der Waals surface area contributed by atoms with Crippen LogP contribution in [0.1, 0.15) is 84.5 Å². The van der Waals surface area contributed by atoms with Crippen LogP contribution in [0.4, 0.5) is 0 Å². The fraction of sp³-hybridized carbons (Fsp3) is 1.00. The summed E-state index contributed by atoms with van der Waals surface area (Å²) in [5.41, 5.74) is 0. The van der Waals surface area contributed by atoms with Crippen molar-refractivity contribution in [3.8, 4) is 0 Å². The molecule has 19 heavy (non-hydrogen) atoms. The molecule has 0 amide bonds. The van der Waals surface area contributed by atoms with Gasteiger partial charge in [-0.15, -0.1) is 0 Å². The van der Waals surface area contributed by atoms with Crippen molar-refractivity contribution in [2.75, 3.05) is 12.8 Å². The number of thioether (sulfide) groups is 1. The number of nitrogens with one attached hydrogen (secondary N) is 1. The van der Waals surface area contributed by atoms with Crippen molar-refractivity contribution in [3.63, 3.8) is 0 Å². The minimum atomic E-state index is 0.510. The molecule has 1 heterocycles. The van der Waals surface area contributed by atoms with Gasteiger partial charge in [0.1, 0.15) is 0 Å². The van der Waals surface area contributed by atoms with Crippen LogP contribution >= 0.6 is 11.8 Å². The Hall–Kier alpha value is 0.310. The highest BCUT2D eigenvalue weighted by Gasteiger charge is 2.36. The lowest BCUT2D eigenvalue weighted by Gasteiger charge is -2.33. The van der Waals surface area contributed by atoms with Crippen molar-refractivity contribution in [1.29, 1.82) is 0 Å². The predicted octanol–water partition coefficient (Wildman–Crippen LogP) is 5.39. The van der Waals surface area contributed by atoms with Gasteiger partial charge in [0.15, 0.2) is 0 Å². The summed E-state index contributed by atoms with van der Waals surface area (Å²) in [6.45, 7) is 4.76. The summed E-state index contributed by atoms with van der Waals surface area (Å²) in [5.74, 6) is 1.37. The van der Waals surface area contributed by atoms with E-state index in [9.17, 15) is 0 Å². The maximum absolute atomic E-state index is 3.58. The molecule has 0 saturated carbocycles. The zero-order chi connectivity index (χ0) is 14.0. The van der Waals surface area contributed by atoms with Crippen molar-refractivity contribution < 1.29 is 0 Å². The summed E-state index contributed by atoms with van der Waals surface area (Å²) in [6.07, 6.45) is 15.6. The van der Waals surface area contributed by atoms with Crippen LogP contribution in [0.2, 0.25) is 0 Å². The van der Waals surface area contributed by atoms with Gasteiger partial charge in [-0.2, -0.15) is 11.8 Å². The Morgan fingerprint density at radius 1 is 1.05 bits per heavy atom. The predicted molar refractivity (Wildman–Crippen MR) is 90.2 cm³/mol. The first kappa shape index (κ1) is 17.4. The SMILES string of the molecule is CCCCCCCCCCC(NC)C1(C)CCCS1. The van der Waals surface area contributed by atoms with E-state index in [0.29, 0.717) is 4.75 Å². The number of rotatable bonds is 11. The molecule has 0 spiro atoms. The molecular weight excluding hydrogens is 250 g/mol. The highest BCUT2D eigenvalue weighted by Crippen LogP contribution is 2.41. The lowest BCUT2D eigenvalue weighted by Crippen LogP contribution is -2.43. The Morgan fingerprint density at radius 3 is 2.21 bits per heavy atom. The third-order valence-corrected chi connectivity index (χ3v) is 6.32. The number of hydrogen-bond acceptors (Lipinski definition) is 2. The summed E-state index contributed by atoms with van der Waals surface area (Å²) in [4.78, 5) is 0. The average molecular weight is 286 g/mol. The topological polar surface area (TPSA) is 12.0 Å². The third kappa shape index (κ3) is 6.53. The average Bonchev–Trinajstić information content (AvgIpc) is 2.85. The van der Waals surface area contributed by atoms with E-state index in [4.69, 9.17) is 0 Å². The molecule has 2 heteroatoms. The molecule has 0 aromatic heterocycles. The fourth-order valence-corrected chi connectivity index (χ4v) is 4.79. The minimum Gasteiger partial charge on any atom is -0.316 e. The van der Waals surface area contributed by atoms with Crippen molar-refractivity contribution in [2.45, 2.75) is 95.3 Å².